The molecule has 8 nitrogen and oxygen atoms in total. The van der Waals surface area contributed by atoms with Gasteiger partial charge in [-0.25, -0.2) is 4.98 Å². The van der Waals surface area contributed by atoms with E-state index in [2.05, 4.69) is 11.1 Å². The van der Waals surface area contributed by atoms with E-state index in [0.717, 1.165) is 83.6 Å². The molecule has 0 bridgehead atoms. The molecule has 2 aliphatic rings. The van der Waals surface area contributed by atoms with Crippen LogP contribution in [0, 0.1) is 11.3 Å². The molecule has 5 N–H and O–H groups in total. The Kier molecular flexibility index (Phi) is 7.12. The number of thioether (sulfide) groups is 1. The smallest absolute Gasteiger partial charge is 0.138 e. The van der Waals surface area contributed by atoms with E-state index in [1.165, 1.54) is 0 Å². The predicted molar refractivity (Wildman–Crippen MR) is 132 cm³/mol. The number of nitrogens with zero attached hydrogens (tertiary/aromatic N) is 2. The molecule has 3 heterocycles. The molecule has 0 unspecified atom stereocenters. The van der Waals surface area contributed by atoms with Gasteiger partial charge in [0.15, 0.2) is 0 Å². The highest BCUT2D eigenvalue weighted by molar-refractivity contribution is 7.99. The standard InChI is InChI=1S/C26H29N3O5S/c27-11-16-21(17-12-28-18-9-6-5-7-14(17)18)15-8-3-1-2-4-10-19(15)29-25(16)35-26-24(33)23(32)22(31)20(13-30)34-26/h5-7,9,12,20,22-24,26,28,30-33H,1-4,8,10,13H2/t20-,22+,23+,24-,26+/m1/s1. The Balaban J connectivity index is 1.66. The lowest BCUT2D eigenvalue weighted by atomic mass is 9.88. The maximum atomic E-state index is 10.6. The molecule has 5 atom stereocenters. The number of hydrogen-bond acceptors (Lipinski definition) is 8. The second-order valence-electron chi connectivity index (χ2n) is 9.18. The number of H-pyrrole nitrogens is 1. The minimum Gasteiger partial charge on any atom is -0.394 e. The normalized spacial score (nSPS) is 27.1. The Morgan fingerprint density at radius 3 is 2.60 bits per heavy atom. The molecule has 2 aromatic heterocycles. The summed E-state index contributed by atoms with van der Waals surface area (Å²) in [6, 6.07) is 10.3. The molecule has 35 heavy (non-hydrogen) atoms. The number of pyridine rings is 1. The number of aryl methyl sites for hydroxylation is 1. The van der Waals surface area contributed by atoms with Gasteiger partial charge in [-0.05, 0) is 37.3 Å². The van der Waals surface area contributed by atoms with Crippen molar-refractivity contribution in [2.45, 2.75) is 73.4 Å². The first-order valence-corrected chi connectivity index (χ1v) is 12.9. The minimum absolute atomic E-state index is 0.399. The fourth-order valence-corrected chi connectivity index (χ4v) is 6.26. The molecule has 9 heteroatoms. The second kappa shape index (κ2) is 10.3. The Morgan fingerprint density at radius 1 is 1.06 bits per heavy atom. The summed E-state index contributed by atoms with van der Waals surface area (Å²) in [5, 5.41) is 52.4. The SMILES string of the molecule is N#Cc1c(S[C@@H]2O[C@H](CO)[C@H](O)[C@H](O)[C@H]2O)nc2c(c1-c1c[nH]c3ccccc13)CCCCCC2. The van der Waals surface area contributed by atoms with E-state index in [4.69, 9.17) is 9.72 Å². The number of fused-ring (bicyclic) bond motifs is 2. The summed E-state index contributed by atoms with van der Waals surface area (Å²) in [6.07, 6.45) is 2.48. The molecular formula is C26H29N3O5S. The number of hydrogen-bond donors (Lipinski definition) is 5. The van der Waals surface area contributed by atoms with Gasteiger partial charge in [-0.15, -0.1) is 0 Å². The molecule has 1 aromatic carbocycles. The van der Waals surface area contributed by atoms with Crippen LogP contribution in [0.4, 0.5) is 0 Å². The molecule has 0 amide bonds. The third kappa shape index (κ3) is 4.47. The van der Waals surface area contributed by atoms with Crippen molar-refractivity contribution in [2.75, 3.05) is 6.61 Å². The van der Waals surface area contributed by atoms with Crippen LogP contribution >= 0.6 is 11.8 Å². The number of aromatic nitrogens is 2. The monoisotopic (exact) mass is 495 g/mol. The summed E-state index contributed by atoms with van der Waals surface area (Å²) < 4.78 is 5.72. The zero-order chi connectivity index (χ0) is 24.5. The first kappa shape index (κ1) is 24.3. The summed E-state index contributed by atoms with van der Waals surface area (Å²) in [4.78, 5) is 8.21. The fraction of sp³-hybridized carbons (Fsp3) is 0.462. The van der Waals surface area contributed by atoms with Gasteiger partial charge in [-0.3, -0.25) is 0 Å². The lowest BCUT2D eigenvalue weighted by Crippen LogP contribution is -2.57. The number of aliphatic hydroxyl groups excluding tert-OH is 4. The van der Waals surface area contributed by atoms with Crippen LogP contribution < -0.4 is 0 Å². The summed E-state index contributed by atoms with van der Waals surface area (Å²) in [5.74, 6) is 0. The van der Waals surface area contributed by atoms with Gasteiger partial charge in [0.05, 0.1) is 12.2 Å². The van der Waals surface area contributed by atoms with Gasteiger partial charge >= 0.3 is 0 Å². The average Bonchev–Trinajstić information content (AvgIpc) is 3.28. The van der Waals surface area contributed by atoms with Crippen molar-refractivity contribution in [3.63, 3.8) is 0 Å². The van der Waals surface area contributed by atoms with E-state index < -0.39 is 36.5 Å². The quantitative estimate of drug-likeness (QED) is 0.372. The molecule has 0 saturated carbocycles. The van der Waals surface area contributed by atoms with Crippen LogP contribution in [0.1, 0.15) is 42.5 Å². The van der Waals surface area contributed by atoms with Crippen LogP contribution in [0.5, 0.6) is 0 Å². The van der Waals surface area contributed by atoms with Crippen molar-refractivity contribution in [2.24, 2.45) is 0 Å². The van der Waals surface area contributed by atoms with Crippen LogP contribution in [0.25, 0.3) is 22.0 Å². The fourth-order valence-electron chi connectivity index (χ4n) is 5.11. The van der Waals surface area contributed by atoms with E-state index in [1.807, 2.05) is 30.5 Å². The Morgan fingerprint density at radius 2 is 1.83 bits per heavy atom. The lowest BCUT2D eigenvalue weighted by molar-refractivity contribution is -0.205. The predicted octanol–water partition coefficient (Wildman–Crippen LogP) is 2.65. The molecular weight excluding hydrogens is 466 g/mol. The van der Waals surface area contributed by atoms with Gasteiger partial charge < -0.3 is 30.1 Å². The number of aromatic amines is 1. The molecule has 0 spiro atoms. The molecule has 184 valence electrons. The molecule has 1 aliphatic heterocycles. The van der Waals surface area contributed by atoms with Crippen molar-refractivity contribution in [3.8, 4) is 17.2 Å². The first-order chi connectivity index (χ1) is 17.0. The number of rotatable bonds is 4. The zero-order valence-electron chi connectivity index (χ0n) is 19.2. The maximum absolute atomic E-state index is 10.6. The van der Waals surface area contributed by atoms with E-state index >= 15 is 0 Å². The van der Waals surface area contributed by atoms with Gasteiger partial charge in [0.25, 0.3) is 0 Å². The Labute approximate surface area is 207 Å². The molecule has 0 radical (unpaired) electrons. The van der Waals surface area contributed by atoms with Crippen LogP contribution in [-0.2, 0) is 17.6 Å². The van der Waals surface area contributed by atoms with Gasteiger partial charge in [-0.2, -0.15) is 5.26 Å². The van der Waals surface area contributed by atoms with Crippen LogP contribution in [0.3, 0.4) is 0 Å². The van der Waals surface area contributed by atoms with Crippen molar-refractivity contribution in [1.29, 1.82) is 5.26 Å². The Bertz CT molecular complexity index is 1250. The van der Waals surface area contributed by atoms with E-state index in [1.54, 1.807) is 0 Å². The van der Waals surface area contributed by atoms with Crippen LogP contribution in [-0.4, -0.2) is 66.9 Å². The molecule has 1 saturated heterocycles. The number of para-hydroxylation sites is 1. The topological polar surface area (TPSA) is 143 Å². The number of ether oxygens (including phenoxy) is 1. The third-order valence-electron chi connectivity index (χ3n) is 6.99. The number of nitriles is 1. The van der Waals surface area contributed by atoms with E-state index in [9.17, 15) is 25.7 Å². The van der Waals surface area contributed by atoms with Crippen molar-refractivity contribution in [3.05, 3.63) is 47.3 Å². The Hall–Kier alpha value is -2.45. The average molecular weight is 496 g/mol. The van der Waals surface area contributed by atoms with Gasteiger partial charge in [-0.1, -0.05) is 42.8 Å². The maximum Gasteiger partial charge on any atom is 0.138 e. The number of nitrogens with one attached hydrogen (secondary N) is 1. The largest absolute Gasteiger partial charge is 0.394 e. The highest BCUT2D eigenvalue weighted by Crippen LogP contribution is 2.42. The van der Waals surface area contributed by atoms with E-state index in [-0.39, 0.29) is 0 Å². The first-order valence-electron chi connectivity index (χ1n) is 12.0. The van der Waals surface area contributed by atoms with Crippen molar-refractivity contribution >= 4 is 22.7 Å². The van der Waals surface area contributed by atoms with Crippen molar-refractivity contribution < 1.29 is 25.2 Å². The highest BCUT2D eigenvalue weighted by Gasteiger charge is 2.44. The third-order valence-corrected chi connectivity index (χ3v) is 8.13. The second-order valence-corrected chi connectivity index (χ2v) is 10.3. The van der Waals surface area contributed by atoms with Crippen molar-refractivity contribution in [1.82, 2.24) is 9.97 Å². The van der Waals surface area contributed by atoms with Gasteiger partial charge in [0.1, 0.15) is 40.9 Å². The van der Waals surface area contributed by atoms with Crippen LogP contribution in [0.2, 0.25) is 0 Å². The van der Waals surface area contributed by atoms with Crippen LogP contribution in [0.15, 0.2) is 35.5 Å². The summed E-state index contributed by atoms with van der Waals surface area (Å²) in [7, 11) is 0. The zero-order valence-corrected chi connectivity index (χ0v) is 20.0. The highest BCUT2D eigenvalue weighted by atomic mass is 32.2. The molecule has 1 fully saturated rings. The molecule has 5 rings (SSSR count). The summed E-state index contributed by atoms with van der Waals surface area (Å²) >= 11 is 1.05. The number of aliphatic hydroxyl groups is 4. The molecule has 3 aromatic rings. The van der Waals surface area contributed by atoms with Gasteiger partial charge in [0, 0.05) is 33.9 Å². The van der Waals surface area contributed by atoms with Gasteiger partial charge in [0.2, 0.25) is 0 Å². The lowest BCUT2D eigenvalue weighted by Gasteiger charge is -2.39. The summed E-state index contributed by atoms with van der Waals surface area (Å²) in [6.45, 7) is -0.509. The molecule has 1 aliphatic carbocycles. The van der Waals surface area contributed by atoms with E-state index in [0.29, 0.717) is 10.6 Å². The summed E-state index contributed by atoms with van der Waals surface area (Å²) in [5.41, 5.74) is 4.19. The minimum atomic E-state index is -1.48. The number of benzene rings is 1.